The molecular weight excluding hydrogens is 232 g/mol. The molecule has 1 aliphatic heterocycles. The second kappa shape index (κ2) is 4.93. The second-order valence-corrected chi connectivity index (χ2v) is 4.84. The number of rotatable bonds is 4. The first-order valence-electron chi connectivity index (χ1n) is 4.45. The summed E-state index contributed by atoms with van der Waals surface area (Å²) in [5.74, 6) is 0. The van der Waals surface area contributed by atoms with E-state index < -0.39 is 15.3 Å². The van der Waals surface area contributed by atoms with Crippen molar-refractivity contribution in [3.8, 4) is 0 Å². The first-order chi connectivity index (χ1) is 7.48. The quantitative estimate of drug-likeness (QED) is 0.699. The summed E-state index contributed by atoms with van der Waals surface area (Å²) >= 11 is 0. The lowest BCUT2D eigenvalue weighted by atomic mass is 10.1. The van der Waals surface area contributed by atoms with Crippen LogP contribution < -0.4 is 5.73 Å². The third kappa shape index (κ3) is 2.69. The molecule has 2 N–H and O–H groups in total. The highest BCUT2D eigenvalue weighted by molar-refractivity contribution is 8.04. The molecule has 0 aromatic heterocycles. The molecule has 0 fully saturated rings. The number of carbonyl (C=O) groups is 2. The van der Waals surface area contributed by atoms with Crippen molar-refractivity contribution in [1.29, 1.82) is 0 Å². The number of nitrogens with zero attached hydrogens (tertiary/aromatic N) is 1. The summed E-state index contributed by atoms with van der Waals surface area (Å²) in [6, 6.07) is 0. The van der Waals surface area contributed by atoms with Gasteiger partial charge in [0.25, 0.3) is 0 Å². The Morgan fingerprint density at radius 1 is 1.56 bits per heavy atom. The average Bonchev–Trinajstić information content (AvgIpc) is 2.26. The van der Waals surface area contributed by atoms with E-state index >= 15 is 0 Å². The average molecular weight is 243 g/mol. The highest BCUT2D eigenvalue weighted by Crippen LogP contribution is 2.14. The maximum atomic E-state index is 11.3. The van der Waals surface area contributed by atoms with Crippen LogP contribution in [-0.4, -0.2) is 30.8 Å². The summed E-state index contributed by atoms with van der Waals surface area (Å²) in [7, 11) is -4.09. The number of allylic oxidation sites excluding steroid dienone is 2. The number of primary amides is 1. The summed E-state index contributed by atoms with van der Waals surface area (Å²) in [5.41, 5.74) is 5.48. The molecule has 0 saturated carbocycles. The fourth-order valence-corrected chi connectivity index (χ4v) is 1.85. The van der Waals surface area contributed by atoms with Crippen molar-refractivity contribution >= 4 is 21.5 Å². The molecule has 1 rings (SSSR count). The highest BCUT2D eigenvalue weighted by Gasteiger charge is 2.25. The van der Waals surface area contributed by atoms with Crippen LogP contribution in [0.4, 0.5) is 4.79 Å². The van der Waals surface area contributed by atoms with Gasteiger partial charge >= 0.3 is 15.3 Å². The molecule has 7 heteroatoms. The summed E-state index contributed by atoms with van der Waals surface area (Å²) in [6.45, 7) is 0.0342. The summed E-state index contributed by atoms with van der Waals surface area (Å²) in [4.78, 5) is 20.8. The molecule has 1 radical (unpaired) electrons. The minimum absolute atomic E-state index is 0.0342. The molecule has 1 amide bonds. The van der Waals surface area contributed by atoms with E-state index in [1.165, 1.54) is 12.3 Å². The third-order valence-corrected chi connectivity index (χ3v) is 3.35. The van der Waals surface area contributed by atoms with E-state index in [1.807, 2.05) is 0 Å². The molecule has 6 nitrogen and oxygen atoms in total. The van der Waals surface area contributed by atoms with Crippen LogP contribution in [0.25, 0.3) is 0 Å². The Bertz CT molecular complexity index is 450. The molecule has 16 heavy (non-hydrogen) atoms. The van der Waals surface area contributed by atoms with Gasteiger partial charge in [-0.2, -0.15) is 8.42 Å². The van der Waals surface area contributed by atoms with E-state index in [9.17, 15) is 18.0 Å². The van der Waals surface area contributed by atoms with Gasteiger partial charge in [0.15, 0.2) is 0 Å². The molecule has 0 spiro atoms. The van der Waals surface area contributed by atoms with E-state index in [4.69, 9.17) is 5.73 Å². The smallest absolute Gasteiger partial charge is 0.354 e. The molecule has 0 bridgehead atoms. The zero-order valence-corrected chi connectivity index (χ0v) is 9.18. The molecule has 0 unspecified atom stereocenters. The SMILES string of the molecule is NC(=O)S(=O)(=O)N1C=CC([CH]CC=O)=CC1. The molecule has 0 aromatic carbocycles. The molecule has 1 heterocycles. The lowest BCUT2D eigenvalue weighted by molar-refractivity contribution is -0.107. The van der Waals surface area contributed by atoms with Crippen LogP contribution >= 0.6 is 0 Å². The first-order valence-corrected chi connectivity index (χ1v) is 5.89. The van der Waals surface area contributed by atoms with Gasteiger partial charge in [-0.3, -0.25) is 9.10 Å². The Kier molecular flexibility index (Phi) is 3.83. The number of hydrogen-bond donors (Lipinski definition) is 1. The summed E-state index contributed by atoms with van der Waals surface area (Å²) in [5, 5.41) is -1.38. The van der Waals surface area contributed by atoms with Gasteiger partial charge in [-0.15, -0.1) is 0 Å². The van der Waals surface area contributed by atoms with Crippen LogP contribution in [-0.2, 0) is 14.8 Å². The van der Waals surface area contributed by atoms with Gasteiger partial charge < -0.3 is 10.5 Å². The van der Waals surface area contributed by atoms with Crippen LogP contribution in [0.5, 0.6) is 0 Å². The van der Waals surface area contributed by atoms with Crippen LogP contribution in [0, 0.1) is 6.42 Å². The van der Waals surface area contributed by atoms with Gasteiger partial charge in [-0.25, -0.2) is 0 Å². The zero-order chi connectivity index (χ0) is 12.2. The Morgan fingerprint density at radius 3 is 2.69 bits per heavy atom. The maximum absolute atomic E-state index is 11.3. The largest absolute Gasteiger partial charge is 0.355 e. The molecule has 87 valence electrons. The molecule has 0 atom stereocenters. The van der Waals surface area contributed by atoms with Crippen LogP contribution in [0.15, 0.2) is 23.9 Å². The monoisotopic (exact) mass is 243 g/mol. The van der Waals surface area contributed by atoms with E-state index in [0.717, 1.165) is 16.2 Å². The molecule has 0 aromatic rings. The Balaban J connectivity index is 2.69. The Hall–Kier alpha value is -1.63. The normalized spacial score (nSPS) is 15.8. The summed E-state index contributed by atoms with van der Waals surface area (Å²) in [6.07, 6.45) is 6.98. The van der Waals surface area contributed by atoms with Crippen LogP contribution in [0.2, 0.25) is 0 Å². The summed E-state index contributed by atoms with van der Waals surface area (Å²) < 4.78 is 23.5. The Labute approximate surface area is 93.5 Å². The molecule has 0 saturated heterocycles. The van der Waals surface area contributed by atoms with Crippen molar-refractivity contribution in [3.05, 3.63) is 30.3 Å². The second-order valence-electron chi connectivity index (χ2n) is 3.02. The van der Waals surface area contributed by atoms with Crippen molar-refractivity contribution in [1.82, 2.24) is 4.31 Å². The minimum Gasteiger partial charge on any atom is -0.355 e. The molecular formula is C9H11N2O4S. The standard InChI is InChI=1S/C9H11N2O4S/c10-9(13)16(14,15)11-5-3-8(4-6-11)2-1-7-12/h2-5,7H,1,6H2,(H2,10,13). The maximum Gasteiger partial charge on any atom is 0.354 e. The van der Waals surface area contributed by atoms with E-state index in [0.29, 0.717) is 0 Å². The van der Waals surface area contributed by atoms with Crippen LogP contribution in [0.3, 0.4) is 0 Å². The van der Waals surface area contributed by atoms with E-state index in [2.05, 4.69) is 0 Å². The Morgan fingerprint density at radius 2 is 2.25 bits per heavy atom. The van der Waals surface area contributed by atoms with Gasteiger partial charge in [0.1, 0.15) is 6.29 Å². The molecule has 0 aliphatic carbocycles. The predicted octanol–water partition coefficient (Wildman–Crippen LogP) is -0.0561. The lowest BCUT2D eigenvalue weighted by Gasteiger charge is -2.20. The fourth-order valence-electron chi connectivity index (χ4n) is 1.12. The number of hydrogen-bond acceptors (Lipinski definition) is 4. The van der Waals surface area contributed by atoms with Gasteiger partial charge in [0.05, 0.1) is 6.54 Å². The van der Waals surface area contributed by atoms with Gasteiger partial charge in [-0.1, -0.05) is 6.08 Å². The van der Waals surface area contributed by atoms with Gasteiger partial charge in [-0.05, 0) is 18.1 Å². The van der Waals surface area contributed by atoms with E-state index in [-0.39, 0.29) is 13.0 Å². The number of carbonyl (C=O) groups excluding carboxylic acids is 2. The van der Waals surface area contributed by atoms with Crippen molar-refractivity contribution in [2.45, 2.75) is 6.42 Å². The number of nitrogens with two attached hydrogens (primary N) is 1. The van der Waals surface area contributed by atoms with E-state index in [1.54, 1.807) is 12.5 Å². The lowest BCUT2D eigenvalue weighted by Crippen LogP contribution is -2.36. The van der Waals surface area contributed by atoms with Crippen LogP contribution in [0.1, 0.15) is 6.42 Å². The van der Waals surface area contributed by atoms with Gasteiger partial charge in [0.2, 0.25) is 0 Å². The number of sulfonamides is 1. The number of aldehydes is 1. The van der Waals surface area contributed by atoms with Crippen molar-refractivity contribution in [3.63, 3.8) is 0 Å². The molecule has 1 aliphatic rings. The van der Waals surface area contributed by atoms with Crippen molar-refractivity contribution in [2.75, 3.05) is 6.54 Å². The highest BCUT2D eigenvalue weighted by atomic mass is 32.2. The topological polar surface area (TPSA) is 97.5 Å². The van der Waals surface area contributed by atoms with Crippen molar-refractivity contribution < 1.29 is 18.0 Å². The fraction of sp³-hybridized carbons (Fsp3) is 0.222. The first kappa shape index (κ1) is 12.4. The number of amides is 1. The van der Waals surface area contributed by atoms with Crippen molar-refractivity contribution in [2.24, 2.45) is 5.73 Å². The third-order valence-electron chi connectivity index (χ3n) is 1.95. The predicted molar refractivity (Wildman–Crippen MR) is 57.4 cm³/mol. The minimum atomic E-state index is -4.09. The van der Waals surface area contributed by atoms with Gasteiger partial charge in [0, 0.05) is 12.6 Å². The zero-order valence-electron chi connectivity index (χ0n) is 8.37.